The molecule has 2 N–H and O–H groups in total. The second-order valence-corrected chi connectivity index (χ2v) is 8.56. The van der Waals surface area contributed by atoms with Crippen LogP contribution in [0.1, 0.15) is 62.7 Å². The summed E-state index contributed by atoms with van der Waals surface area (Å²) in [7, 11) is 0. The molecule has 2 fully saturated rings. The van der Waals surface area contributed by atoms with E-state index >= 15 is 0 Å². The van der Waals surface area contributed by atoms with Crippen molar-refractivity contribution in [2.45, 2.75) is 64.1 Å². The van der Waals surface area contributed by atoms with E-state index in [2.05, 4.69) is 29.4 Å². The van der Waals surface area contributed by atoms with Gasteiger partial charge in [0.15, 0.2) is 0 Å². The number of likely N-dealkylation sites (tertiary alicyclic amines) is 1. The molecule has 0 unspecified atom stereocenters. The summed E-state index contributed by atoms with van der Waals surface area (Å²) in [5, 5.41) is 6.89. The third-order valence-electron chi connectivity index (χ3n) is 6.75. The first kappa shape index (κ1) is 16.9. The highest BCUT2D eigenvalue weighted by Gasteiger charge is 2.41. The molecular weight excluding hydrogens is 310 g/mol. The van der Waals surface area contributed by atoms with Crippen LogP contribution in [-0.4, -0.2) is 35.6 Å². The van der Waals surface area contributed by atoms with Crippen LogP contribution in [0.4, 0.5) is 5.69 Å². The van der Waals surface area contributed by atoms with E-state index in [4.69, 9.17) is 0 Å². The number of hydrogen-bond donors (Lipinski definition) is 2. The third kappa shape index (κ3) is 3.29. The molecular formula is C21H31N3O. The monoisotopic (exact) mass is 341 g/mol. The standard InChI is InChI=1S/C21H31N3O/c1-15(2)16-7-9-17(10-8-16)24-13-11-21(12-14-24)22-19-6-4-3-5-18(19)20(25)23-21/h3-6,15-17,22H,7-14H2,1-2H3,(H,23,25). The molecule has 0 radical (unpaired) electrons. The molecule has 2 heterocycles. The highest BCUT2D eigenvalue weighted by molar-refractivity contribution is 6.02. The highest BCUT2D eigenvalue weighted by atomic mass is 16.2. The summed E-state index contributed by atoms with van der Waals surface area (Å²) >= 11 is 0. The van der Waals surface area contributed by atoms with Crippen molar-refractivity contribution in [2.24, 2.45) is 11.8 Å². The topological polar surface area (TPSA) is 44.4 Å². The van der Waals surface area contributed by atoms with Crippen molar-refractivity contribution in [3.8, 4) is 0 Å². The SMILES string of the molecule is CC(C)C1CCC(N2CCC3(CC2)NC(=O)c2ccccc2N3)CC1. The van der Waals surface area contributed by atoms with Crippen LogP contribution in [0.2, 0.25) is 0 Å². The van der Waals surface area contributed by atoms with Gasteiger partial charge in [0.05, 0.1) is 5.56 Å². The van der Waals surface area contributed by atoms with E-state index in [9.17, 15) is 4.79 Å². The van der Waals surface area contributed by atoms with Gasteiger partial charge in [0, 0.05) is 37.7 Å². The lowest BCUT2D eigenvalue weighted by atomic mass is 9.78. The van der Waals surface area contributed by atoms with Crippen LogP contribution in [-0.2, 0) is 0 Å². The van der Waals surface area contributed by atoms with E-state index < -0.39 is 0 Å². The maximum atomic E-state index is 12.5. The summed E-state index contributed by atoms with van der Waals surface area (Å²) in [6, 6.07) is 8.59. The molecule has 1 saturated heterocycles. The normalized spacial score (nSPS) is 29.2. The highest BCUT2D eigenvalue weighted by Crippen LogP contribution is 2.36. The van der Waals surface area contributed by atoms with E-state index in [1.165, 1.54) is 25.7 Å². The Morgan fingerprint density at radius 2 is 1.72 bits per heavy atom. The van der Waals surface area contributed by atoms with Crippen LogP contribution in [0.5, 0.6) is 0 Å². The Labute approximate surface area is 151 Å². The quantitative estimate of drug-likeness (QED) is 0.859. The summed E-state index contributed by atoms with van der Waals surface area (Å²) < 4.78 is 0. The van der Waals surface area contributed by atoms with Gasteiger partial charge in [0.1, 0.15) is 5.66 Å². The Morgan fingerprint density at radius 1 is 1.04 bits per heavy atom. The van der Waals surface area contributed by atoms with Gasteiger partial charge in [-0.05, 0) is 49.7 Å². The third-order valence-corrected chi connectivity index (χ3v) is 6.75. The van der Waals surface area contributed by atoms with Gasteiger partial charge in [-0.15, -0.1) is 0 Å². The lowest BCUT2D eigenvalue weighted by Gasteiger charge is -2.48. The van der Waals surface area contributed by atoms with Gasteiger partial charge in [0.25, 0.3) is 5.91 Å². The number of hydrogen-bond acceptors (Lipinski definition) is 3. The van der Waals surface area contributed by atoms with Crippen LogP contribution in [0.15, 0.2) is 24.3 Å². The number of nitrogens with one attached hydrogen (secondary N) is 2. The van der Waals surface area contributed by atoms with E-state index in [0.717, 1.165) is 55.1 Å². The van der Waals surface area contributed by atoms with Gasteiger partial charge >= 0.3 is 0 Å². The first-order valence-electron chi connectivity index (χ1n) is 10.0. The number of rotatable bonds is 2. The lowest BCUT2D eigenvalue weighted by Crippen LogP contribution is -2.63. The Bertz CT molecular complexity index is 626. The number of fused-ring (bicyclic) bond motifs is 1. The zero-order valence-electron chi connectivity index (χ0n) is 15.6. The predicted octanol–water partition coefficient (Wildman–Crippen LogP) is 3.85. The summed E-state index contributed by atoms with van der Waals surface area (Å²) in [6.07, 6.45) is 7.42. The second kappa shape index (κ2) is 6.64. The van der Waals surface area contributed by atoms with Crippen LogP contribution in [0.3, 0.4) is 0 Å². The molecule has 0 atom stereocenters. The smallest absolute Gasteiger partial charge is 0.255 e. The molecule has 1 aromatic carbocycles. The van der Waals surface area contributed by atoms with Gasteiger partial charge in [-0.2, -0.15) is 0 Å². The van der Waals surface area contributed by atoms with Gasteiger partial charge in [-0.1, -0.05) is 26.0 Å². The van der Waals surface area contributed by atoms with Crippen molar-refractivity contribution in [1.29, 1.82) is 0 Å². The van der Waals surface area contributed by atoms with Crippen molar-refractivity contribution in [2.75, 3.05) is 18.4 Å². The van der Waals surface area contributed by atoms with Crippen LogP contribution < -0.4 is 10.6 Å². The minimum Gasteiger partial charge on any atom is -0.362 e. The van der Waals surface area contributed by atoms with Gasteiger partial charge in [0.2, 0.25) is 0 Å². The van der Waals surface area contributed by atoms with Gasteiger partial charge in [-0.25, -0.2) is 0 Å². The Kier molecular flexibility index (Phi) is 4.48. The Balaban J connectivity index is 1.37. The Morgan fingerprint density at radius 3 is 2.40 bits per heavy atom. The molecule has 4 rings (SSSR count). The summed E-state index contributed by atoms with van der Waals surface area (Å²) in [6.45, 7) is 6.88. The first-order chi connectivity index (χ1) is 12.1. The van der Waals surface area contributed by atoms with Gasteiger partial charge < -0.3 is 15.5 Å². The molecule has 4 heteroatoms. The van der Waals surface area contributed by atoms with Crippen molar-refractivity contribution in [3.05, 3.63) is 29.8 Å². The summed E-state index contributed by atoms with van der Waals surface area (Å²) in [5.74, 6) is 1.82. The fraction of sp³-hybridized carbons (Fsp3) is 0.667. The summed E-state index contributed by atoms with van der Waals surface area (Å²) in [4.78, 5) is 15.2. The van der Waals surface area contributed by atoms with Crippen molar-refractivity contribution in [1.82, 2.24) is 10.2 Å². The number of benzene rings is 1. The number of para-hydroxylation sites is 1. The van der Waals surface area contributed by atoms with Crippen LogP contribution >= 0.6 is 0 Å². The number of carbonyl (C=O) groups is 1. The van der Waals surface area contributed by atoms with E-state index in [-0.39, 0.29) is 11.6 Å². The van der Waals surface area contributed by atoms with Crippen LogP contribution in [0.25, 0.3) is 0 Å². The predicted molar refractivity (Wildman–Crippen MR) is 102 cm³/mol. The largest absolute Gasteiger partial charge is 0.362 e. The number of nitrogens with zero attached hydrogens (tertiary/aromatic N) is 1. The van der Waals surface area contributed by atoms with E-state index in [1.54, 1.807) is 0 Å². The fourth-order valence-corrected chi connectivity index (χ4v) is 5.02. The Hall–Kier alpha value is -1.55. The number of anilines is 1. The van der Waals surface area contributed by atoms with Crippen molar-refractivity contribution >= 4 is 11.6 Å². The minimum absolute atomic E-state index is 0.0697. The van der Waals surface area contributed by atoms with E-state index in [1.807, 2.05) is 24.3 Å². The van der Waals surface area contributed by atoms with Crippen LogP contribution in [0, 0.1) is 11.8 Å². The van der Waals surface area contributed by atoms with Crippen molar-refractivity contribution < 1.29 is 4.79 Å². The molecule has 25 heavy (non-hydrogen) atoms. The van der Waals surface area contributed by atoms with Crippen molar-refractivity contribution in [3.63, 3.8) is 0 Å². The van der Waals surface area contributed by atoms with Gasteiger partial charge in [-0.3, -0.25) is 4.79 Å². The zero-order chi connectivity index (χ0) is 17.4. The second-order valence-electron chi connectivity index (χ2n) is 8.56. The zero-order valence-corrected chi connectivity index (χ0v) is 15.6. The first-order valence-corrected chi connectivity index (χ1v) is 10.0. The maximum absolute atomic E-state index is 12.5. The molecule has 1 aliphatic carbocycles. The summed E-state index contributed by atoms with van der Waals surface area (Å²) in [5.41, 5.74) is 1.50. The molecule has 3 aliphatic rings. The average Bonchev–Trinajstić information content (AvgIpc) is 2.62. The fourth-order valence-electron chi connectivity index (χ4n) is 5.02. The molecule has 2 aliphatic heterocycles. The molecule has 136 valence electrons. The molecule has 1 amide bonds. The van der Waals surface area contributed by atoms with E-state index in [0.29, 0.717) is 0 Å². The number of amides is 1. The maximum Gasteiger partial charge on any atom is 0.255 e. The molecule has 0 aromatic heterocycles. The number of piperidine rings is 1. The molecule has 1 aromatic rings. The molecule has 1 saturated carbocycles. The molecule has 0 bridgehead atoms. The molecule has 4 nitrogen and oxygen atoms in total. The number of carbonyl (C=O) groups excluding carboxylic acids is 1. The average molecular weight is 341 g/mol. The minimum atomic E-state index is -0.253. The lowest BCUT2D eigenvalue weighted by molar-refractivity contribution is 0.0640. The molecule has 1 spiro atoms.